The third-order valence-corrected chi connectivity index (χ3v) is 3.24. The van der Waals surface area contributed by atoms with Gasteiger partial charge in [0.1, 0.15) is 0 Å². The van der Waals surface area contributed by atoms with Crippen molar-refractivity contribution in [3.05, 3.63) is 57.3 Å². The van der Waals surface area contributed by atoms with Gasteiger partial charge in [-0.25, -0.2) is 0 Å². The smallest absolute Gasteiger partial charge is 0.193 e. The molecule has 0 N–H and O–H groups in total. The summed E-state index contributed by atoms with van der Waals surface area (Å²) in [7, 11) is 0. The third-order valence-electron chi connectivity index (χ3n) is 2.55. The largest absolute Gasteiger partial charge is 0.289 e. The van der Waals surface area contributed by atoms with E-state index >= 15 is 0 Å². The first kappa shape index (κ1) is 10.1. The van der Waals surface area contributed by atoms with Crippen LogP contribution in [-0.4, -0.2) is 5.78 Å². The average Bonchev–Trinajstić information content (AvgIpc) is 2.74. The summed E-state index contributed by atoms with van der Waals surface area (Å²) < 4.78 is 0. The van der Waals surface area contributed by atoms with Gasteiger partial charge in [0, 0.05) is 16.5 Å². The Kier molecular flexibility index (Phi) is 2.69. The van der Waals surface area contributed by atoms with Crippen molar-refractivity contribution in [3.8, 4) is 0 Å². The van der Waals surface area contributed by atoms with Crippen LogP contribution in [0.2, 0.25) is 0 Å². The number of rotatable bonds is 2. The normalized spacial score (nSPS) is 10.3. The number of hydrogen-bond donors (Lipinski definition) is 0. The summed E-state index contributed by atoms with van der Waals surface area (Å²) in [4.78, 5) is 12.0. The Morgan fingerprint density at radius 2 is 1.87 bits per heavy atom. The van der Waals surface area contributed by atoms with Gasteiger partial charge in [0.05, 0.1) is 0 Å². The zero-order valence-corrected chi connectivity index (χ0v) is 9.60. The van der Waals surface area contributed by atoms with Crippen LogP contribution in [0.3, 0.4) is 0 Å². The van der Waals surface area contributed by atoms with Gasteiger partial charge in [-0.1, -0.05) is 12.1 Å². The zero-order chi connectivity index (χ0) is 10.8. The van der Waals surface area contributed by atoms with E-state index in [1.807, 2.05) is 48.9 Å². The summed E-state index contributed by atoms with van der Waals surface area (Å²) in [5.74, 6) is 0.111. The van der Waals surface area contributed by atoms with Crippen LogP contribution >= 0.6 is 11.3 Å². The first-order valence-corrected chi connectivity index (χ1v) is 5.77. The first-order valence-electron chi connectivity index (χ1n) is 4.82. The van der Waals surface area contributed by atoms with E-state index in [1.54, 1.807) is 11.3 Å². The average molecular weight is 216 g/mol. The van der Waals surface area contributed by atoms with Crippen molar-refractivity contribution >= 4 is 17.1 Å². The van der Waals surface area contributed by atoms with E-state index < -0.39 is 0 Å². The fraction of sp³-hybridized carbons (Fsp3) is 0.154. The van der Waals surface area contributed by atoms with Crippen molar-refractivity contribution in [2.75, 3.05) is 0 Å². The number of carbonyl (C=O) groups excluding carboxylic acids is 1. The molecular formula is C13H12OS. The van der Waals surface area contributed by atoms with E-state index in [2.05, 4.69) is 0 Å². The number of ketones is 1. The van der Waals surface area contributed by atoms with Crippen molar-refractivity contribution in [1.29, 1.82) is 0 Å². The minimum atomic E-state index is 0.111. The van der Waals surface area contributed by atoms with Crippen molar-refractivity contribution in [3.63, 3.8) is 0 Å². The molecule has 0 saturated heterocycles. The molecule has 1 nitrogen and oxygen atoms in total. The number of hydrogen-bond acceptors (Lipinski definition) is 2. The van der Waals surface area contributed by atoms with Gasteiger partial charge in [0.15, 0.2) is 5.78 Å². The molecule has 0 amide bonds. The minimum Gasteiger partial charge on any atom is -0.289 e. The topological polar surface area (TPSA) is 17.1 Å². The maximum Gasteiger partial charge on any atom is 0.193 e. The Balaban J connectivity index is 2.39. The van der Waals surface area contributed by atoms with Crippen LogP contribution in [0.15, 0.2) is 35.0 Å². The summed E-state index contributed by atoms with van der Waals surface area (Å²) >= 11 is 1.55. The van der Waals surface area contributed by atoms with Crippen molar-refractivity contribution in [1.82, 2.24) is 0 Å². The maximum absolute atomic E-state index is 12.0. The Labute approximate surface area is 93.4 Å². The molecule has 0 aliphatic carbocycles. The van der Waals surface area contributed by atoms with Crippen LogP contribution in [0.4, 0.5) is 0 Å². The summed E-state index contributed by atoms with van der Waals surface area (Å²) in [5, 5.41) is 3.81. The van der Waals surface area contributed by atoms with Crippen LogP contribution < -0.4 is 0 Å². The van der Waals surface area contributed by atoms with Crippen molar-refractivity contribution in [2.45, 2.75) is 13.8 Å². The third kappa shape index (κ3) is 2.00. The standard InChI is InChI=1S/C13H12OS/c1-9-3-4-11(7-10(9)2)13(14)12-5-6-15-8-12/h3-8H,1-2H3. The van der Waals surface area contributed by atoms with E-state index in [1.165, 1.54) is 5.56 Å². The molecule has 1 aromatic carbocycles. The predicted molar refractivity (Wildman–Crippen MR) is 63.7 cm³/mol. The molecule has 0 aliphatic rings. The molecule has 1 aromatic heterocycles. The van der Waals surface area contributed by atoms with Gasteiger partial charge in [-0.2, -0.15) is 11.3 Å². The molecule has 1 heterocycles. The molecular weight excluding hydrogens is 204 g/mol. The zero-order valence-electron chi connectivity index (χ0n) is 8.78. The Morgan fingerprint density at radius 3 is 2.47 bits per heavy atom. The summed E-state index contributed by atoms with van der Waals surface area (Å²) in [6.07, 6.45) is 0. The second-order valence-electron chi connectivity index (χ2n) is 3.64. The van der Waals surface area contributed by atoms with Crippen LogP contribution in [0.5, 0.6) is 0 Å². The molecule has 0 spiro atoms. The molecule has 0 unspecified atom stereocenters. The molecule has 2 aromatic rings. The lowest BCUT2D eigenvalue weighted by molar-refractivity contribution is 0.103. The van der Waals surface area contributed by atoms with Gasteiger partial charge in [0.2, 0.25) is 0 Å². The molecule has 2 rings (SSSR count). The van der Waals surface area contributed by atoms with Crippen molar-refractivity contribution in [2.24, 2.45) is 0 Å². The Bertz CT molecular complexity index is 483. The maximum atomic E-state index is 12.0. The van der Waals surface area contributed by atoms with Crippen molar-refractivity contribution < 1.29 is 4.79 Å². The number of thiophene rings is 1. The fourth-order valence-corrected chi connectivity index (χ4v) is 2.08. The minimum absolute atomic E-state index is 0.111. The van der Waals surface area contributed by atoms with Crippen LogP contribution in [0.25, 0.3) is 0 Å². The quantitative estimate of drug-likeness (QED) is 0.701. The lowest BCUT2D eigenvalue weighted by Crippen LogP contribution is -2.00. The second-order valence-corrected chi connectivity index (χ2v) is 4.42. The molecule has 15 heavy (non-hydrogen) atoms. The number of benzene rings is 1. The summed E-state index contributed by atoms with van der Waals surface area (Å²) in [6.45, 7) is 4.08. The molecule has 76 valence electrons. The molecule has 0 atom stereocenters. The highest BCUT2D eigenvalue weighted by molar-refractivity contribution is 7.08. The Morgan fingerprint density at radius 1 is 1.07 bits per heavy atom. The predicted octanol–water partition coefficient (Wildman–Crippen LogP) is 3.60. The van der Waals surface area contributed by atoms with E-state index in [9.17, 15) is 4.79 Å². The number of carbonyl (C=O) groups is 1. The fourth-order valence-electron chi connectivity index (χ4n) is 1.44. The van der Waals surface area contributed by atoms with Gasteiger partial charge in [-0.05, 0) is 42.5 Å². The summed E-state index contributed by atoms with van der Waals surface area (Å²) in [6, 6.07) is 7.70. The first-order chi connectivity index (χ1) is 7.18. The molecule has 0 radical (unpaired) electrons. The van der Waals surface area contributed by atoms with Gasteiger partial charge in [-0.3, -0.25) is 4.79 Å². The summed E-state index contributed by atoms with van der Waals surface area (Å²) in [5.41, 5.74) is 3.94. The van der Waals surface area contributed by atoms with Gasteiger partial charge < -0.3 is 0 Å². The lowest BCUT2D eigenvalue weighted by Gasteiger charge is -2.03. The molecule has 0 bridgehead atoms. The van der Waals surface area contributed by atoms with Gasteiger partial charge in [-0.15, -0.1) is 0 Å². The van der Waals surface area contributed by atoms with E-state index in [4.69, 9.17) is 0 Å². The monoisotopic (exact) mass is 216 g/mol. The lowest BCUT2D eigenvalue weighted by atomic mass is 10.0. The SMILES string of the molecule is Cc1ccc(C(=O)c2ccsc2)cc1C. The molecule has 0 saturated carbocycles. The van der Waals surface area contributed by atoms with Gasteiger partial charge >= 0.3 is 0 Å². The molecule has 0 aliphatic heterocycles. The van der Waals surface area contributed by atoms with E-state index in [-0.39, 0.29) is 5.78 Å². The highest BCUT2D eigenvalue weighted by Crippen LogP contribution is 2.15. The van der Waals surface area contributed by atoms with Gasteiger partial charge in [0.25, 0.3) is 0 Å². The molecule has 2 heteroatoms. The number of aryl methyl sites for hydroxylation is 2. The van der Waals surface area contributed by atoms with Crippen LogP contribution in [-0.2, 0) is 0 Å². The Hall–Kier alpha value is -1.41. The highest BCUT2D eigenvalue weighted by atomic mass is 32.1. The second kappa shape index (κ2) is 3.99. The van der Waals surface area contributed by atoms with E-state index in [0.717, 1.165) is 16.7 Å². The van der Waals surface area contributed by atoms with Crippen LogP contribution in [0.1, 0.15) is 27.0 Å². The molecule has 0 fully saturated rings. The van der Waals surface area contributed by atoms with Crippen LogP contribution in [0, 0.1) is 13.8 Å². The van der Waals surface area contributed by atoms with E-state index in [0.29, 0.717) is 0 Å². The highest BCUT2D eigenvalue weighted by Gasteiger charge is 2.09.